The maximum atomic E-state index is 14.6. The summed E-state index contributed by atoms with van der Waals surface area (Å²) in [6.07, 6.45) is 2.96. The first-order valence-corrected chi connectivity index (χ1v) is 16.1. The van der Waals surface area contributed by atoms with Crippen LogP contribution in [0.5, 0.6) is 5.88 Å². The van der Waals surface area contributed by atoms with E-state index in [2.05, 4.69) is 36.0 Å². The molecule has 4 aliphatic heterocycles. The van der Waals surface area contributed by atoms with Gasteiger partial charge in [-0.25, -0.2) is 9.37 Å². The summed E-state index contributed by atoms with van der Waals surface area (Å²) in [5.74, 6) is -0.637. The molecule has 1 aromatic carbocycles. The van der Waals surface area contributed by atoms with Gasteiger partial charge in [-0.1, -0.05) is 39.0 Å². The Kier molecular flexibility index (Phi) is 10.7. The molecule has 4 aliphatic rings. The fourth-order valence-corrected chi connectivity index (χ4v) is 6.29. The van der Waals surface area contributed by atoms with Gasteiger partial charge in [0.1, 0.15) is 18.1 Å². The molecule has 45 heavy (non-hydrogen) atoms. The topological polar surface area (TPSA) is 104 Å². The van der Waals surface area contributed by atoms with Gasteiger partial charge in [-0.2, -0.15) is 0 Å². The first-order valence-electron chi connectivity index (χ1n) is 16.1. The molecule has 0 unspecified atom stereocenters. The molecule has 0 aliphatic carbocycles. The van der Waals surface area contributed by atoms with Crippen molar-refractivity contribution in [2.75, 3.05) is 59.1 Å². The van der Waals surface area contributed by atoms with E-state index in [1.54, 1.807) is 35.2 Å². The molecule has 1 aromatic heterocycles. The molecule has 2 atom stereocenters. The second-order valence-electron chi connectivity index (χ2n) is 13.5. The van der Waals surface area contributed by atoms with Gasteiger partial charge in [-0.3, -0.25) is 19.3 Å². The summed E-state index contributed by atoms with van der Waals surface area (Å²) in [6, 6.07) is 10.6. The van der Waals surface area contributed by atoms with Crippen LogP contribution in [0.4, 0.5) is 4.39 Å². The average molecular weight is 624 g/mol. The van der Waals surface area contributed by atoms with E-state index in [0.29, 0.717) is 45.0 Å². The van der Waals surface area contributed by atoms with Crippen molar-refractivity contribution >= 4 is 17.7 Å². The highest BCUT2D eigenvalue weighted by molar-refractivity contribution is 5.94. The number of fused-ring (bicyclic) bond motifs is 10. The molecule has 6 bridgehead atoms. The van der Waals surface area contributed by atoms with E-state index in [1.165, 1.54) is 12.1 Å². The number of halogens is 1. The summed E-state index contributed by atoms with van der Waals surface area (Å²) >= 11 is 0. The molecule has 2 saturated heterocycles. The highest BCUT2D eigenvalue weighted by atomic mass is 19.1. The minimum atomic E-state index is -0.548. The van der Waals surface area contributed by atoms with Crippen LogP contribution >= 0.6 is 0 Å². The van der Waals surface area contributed by atoms with Gasteiger partial charge in [0.2, 0.25) is 11.8 Å². The van der Waals surface area contributed by atoms with Crippen molar-refractivity contribution in [3.05, 3.63) is 59.5 Å². The van der Waals surface area contributed by atoms with Crippen molar-refractivity contribution in [2.24, 2.45) is 11.3 Å². The Hall–Kier alpha value is -3.57. The number of rotatable bonds is 3. The first kappa shape index (κ1) is 32.8. The van der Waals surface area contributed by atoms with Crippen LogP contribution < -0.4 is 10.1 Å². The fraction of sp³-hybridized carbons (Fsp3) is 0.588. The van der Waals surface area contributed by atoms with Crippen LogP contribution in [0.3, 0.4) is 0 Å². The number of ether oxygens (including phenoxy) is 2. The van der Waals surface area contributed by atoms with Crippen LogP contribution in [-0.4, -0.2) is 109 Å². The normalized spacial score (nSPS) is 24.1. The number of carbonyl (C=O) groups excluding carboxylic acids is 3. The summed E-state index contributed by atoms with van der Waals surface area (Å²) in [6.45, 7) is 10.6. The number of likely N-dealkylation sites (tertiary alicyclic amines) is 1. The molecule has 0 saturated carbocycles. The van der Waals surface area contributed by atoms with E-state index < -0.39 is 5.82 Å². The zero-order valence-electron chi connectivity index (χ0n) is 26.7. The molecule has 3 amide bonds. The number of nitrogens with one attached hydrogen (secondary N) is 1. The molecule has 2 aromatic rings. The monoisotopic (exact) mass is 623 g/mol. The largest absolute Gasteiger partial charge is 0.475 e. The number of carbonyl (C=O) groups is 3. The van der Waals surface area contributed by atoms with E-state index >= 15 is 0 Å². The zero-order valence-corrected chi connectivity index (χ0v) is 26.7. The lowest BCUT2D eigenvalue weighted by Crippen LogP contribution is -2.50. The fourth-order valence-electron chi connectivity index (χ4n) is 6.29. The highest BCUT2D eigenvalue weighted by Crippen LogP contribution is 2.28. The molecule has 5 heterocycles. The number of piperidine rings is 1. The van der Waals surface area contributed by atoms with Crippen molar-refractivity contribution in [1.82, 2.24) is 25.0 Å². The Labute approximate surface area is 265 Å². The molecular weight excluding hydrogens is 577 g/mol. The van der Waals surface area contributed by atoms with Gasteiger partial charge in [-0.05, 0) is 61.8 Å². The highest BCUT2D eigenvalue weighted by Gasteiger charge is 2.40. The lowest BCUT2D eigenvalue weighted by atomic mass is 9.92. The molecule has 11 heteroatoms. The van der Waals surface area contributed by atoms with Crippen molar-refractivity contribution in [3.63, 3.8) is 0 Å². The second kappa shape index (κ2) is 14.7. The third kappa shape index (κ3) is 8.79. The van der Waals surface area contributed by atoms with E-state index in [0.717, 1.165) is 25.8 Å². The van der Waals surface area contributed by atoms with Gasteiger partial charge in [0.25, 0.3) is 11.8 Å². The lowest BCUT2D eigenvalue weighted by molar-refractivity contribution is -0.137. The van der Waals surface area contributed by atoms with Crippen molar-refractivity contribution in [2.45, 2.75) is 58.5 Å². The standard InChI is InChI=1S/C34H46FN5O5/c1-34(2,3)13-16-39-23-25-21-29(39)33(43)38-14-11-24(12-15-38)22-40(32(42)26-7-4-5-8-27(26)35)17-18-44-19-20-45-30-10-6-9-28(37-30)31(41)36-25/h4-10,24-25,29H,11-23H2,1-3H3,(H,36,41)/t25-,29-/m0/s1. The number of nitrogens with zero attached hydrogens (tertiary/aromatic N) is 4. The Morgan fingerprint density at radius 3 is 2.53 bits per heavy atom. The van der Waals surface area contributed by atoms with Crippen LogP contribution in [0.25, 0.3) is 0 Å². The van der Waals surface area contributed by atoms with Gasteiger partial charge >= 0.3 is 0 Å². The van der Waals surface area contributed by atoms with Crippen LogP contribution in [0.15, 0.2) is 42.5 Å². The Bertz CT molecular complexity index is 1340. The number of amides is 3. The molecule has 6 rings (SSSR count). The predicted molar refractivity (Wildman–Crippen MR) is 167 cm³/mol. The summed E-state index contributed by atoms with van der Waals surface area (Å²) < 4.78 is 26.1. The van der Waals surface area contributed by atoms with Gasteiger partial charge in [0.05, 0.1) is 24.8 Å². The minimum Gasteiger partial charge on any atom is -0.475 e. The molecule has 0 spiro atoms. The summed E-state index contributed by atoms with van der Waals surface area (Å²) in [5, 5.41) is 3.11. The summed E-state index contributed by atoms with van der Waals surface area (Å²) in [5.41, 5.74) is 0.399. The third-order valence-corrected chi connectivity index (χ3v) is 8.91. The number of aromatic nitrogens is 1. The number of benzene rings is 1. The lowest BCUT2D eigenvalue weighted by Gasteiger charge is -2.37. The zero-order chi connectivity index (χ0) is 32.0. The minimum absolute atomic E-state index is 0.0409. The van der Waals surface area contributed by atoms with E-state index in [-0.39, 0.29) is 72.2 Å². The second-order valence-corrected chi connectivity index (χ2v) is 13.5. The van der Waals surface area contributed by atoms with Crippen molar-refractivity contribution in [1.29, 1.82) is 0 Å². The summed E-state index contributed by atoms with van der Waals surface area (Å²) in [7, 11) is 0. The average Bonchev–Trinajstić information content (AvgIpc) is 3.43. The smallest absolute Gasteiger partial charge is 0.270 e. The van der Waals surface area contributed by atoms with Gasteiger partial charge in [-0.15, -0.1) is 0 Å². The number of hydrogen-bond acceptors (Lipinski definition) is 7. The van der Waals surface area contributed by atoms with E-state index in [1.807, 2.05) is 4.90 Å². The number of hydrogen-bond donors (Lipinski definition) is 1. The SMILES string of the molecule is CC(C)(C)CCN1C[C@@H]2C[C@H]1C(=O)N1CCC(CC1)CN(C(=O)c1ccccc1F)CCOCCOc1cccc(n1)C(=O)N2. The Balaban J connectivity index is 1.35. The van der Waals surface area contributed by atoms with Crippen molar-refractivity contribution in [3.8, 4) is 5.88 Å². The van der Waals surface area contributed by atoms with E-state index in [4.69, 9.17) is 9.47 Å². The van der Waals surface area contributed by atoms with Gasteiger partial charge in [0, 0.05) is 44.8 Å². The van der Waals surface area contributed by atoms with Gasteiger partial charge in [0.15, 0.2) is 0 Å². The Morgan fingerprint density at radius 1 is 1.00 bits per heavy atom. The quantitative estimate of drug-likeness (QED) is 0.521. The van der Waals surface area contributed by atoms with E-state index in [9.17, 15) is 18.8 Å². The third-order valence-electron chi connectivity index (χ3n) is 8.91. The van der Waals surface area contributed by atoms with Crippen LogP contribution in [-0.2, 0) is 9.53 Å². The molecule has 10 nitrogen and oxygen atoms in total. The Morgan fingerprint density at radius 2 is 1.78 bits per heavy atom. The molecule has 0 radical (unpaired) electrons. The summed E-state index contributed by atoms with van der Waals surface area (Å²) in [4.78, 5) is 50.8. The molecule has 2 fully saturated rings. The maximum Gasteiger partial charge on any atom is 0.270 e. The first-order chi connectivity index (χ1) is 21.6. The van der Waals surface area contributed by atoms with Crippen LogP contribution in [0.1, 0.15) is 67.3 Å². The van der Waals surface area contributed by atoms with Crippen LogP contribution in [0.2, 0.25) is 0 Å². The molecular formula is C34H46FN5O5. The predicted octanol–water partition coefficient (Wildman–Crippen LogP) is 3.62. The maximum absolute atomic E-state index is 14.6. The molecule has 244 valence electrons. The van der Waals surface area contributed by atoms with Crippen molar-refractivity contribution < 1.29 is 28.2 Å². The molecule has 1 N–H and O–H groups in total. The number of pyridine rings is 1. The van der Waals surface area contributed by atoms with Crippen LogP contribution in [0, 0.1) is 17.2 Å². The van der Waals surface area contributed by atoms with Gasteiger partial charge < -0.3 is 24.6 Å².